The number of hydrogen-bond acceptors (Lipinski definition) is 2. The molecular weight excluding hydrogens is 310 g/mol. The largest absolute Gasteiger partial charge is 0.482 e. The minimum Gasteiger partial charge on any atom is -0.482 e. The molecule has 0 bridgehead atoms. The molecule has 1 aliphatic rings. The summed E-state index contributed by atoms with van der Waals surface area (Å²) in [7, 11) is 0. The van der Waals surface area contributed by atoms with E-state index in [1.165, 1.54) is 22.3 Å². The van der Waals surface area contributed by atoms with Gasteiger partial charge >= 0.3 is 0 Å². The Morgan fingerprint density at radius 3 is 2.40 bits per heavy atom. The number of carbonyl (C=O) groups is 1. The molecule has 0 spiro atoms. The van der Waals surface area contributed by atoms with Crippen LogP contribution >= 0.6 is 0 Å². The monoisotopic (exact) mass is 329 g/mol. The van der Waals surface area contributed by atoms with Crippen molar-refractivity contribution in [3.8, 4) is 16.9 Å². The Hall–Kier alpha value is -3.07. The highest BCUT2D eigenvalue weighted by molar-refractivity contribution is 5.95. The van der Waals surface area contributed by atoms with E-state index in [0.29, 0.717) is 0 Å². The summed E-state index contributed by atoms with van der Waals surface area (Å²) in [5, 5.41) is 2.87. The third-order valence-corrected chi connectivity index (χ3v) is 4.41. The molecule has 3 aromatic carbocycles. The molecule has 1 N–H and O–H groups in total. The van der Waals surface area contributed by atoms with Crippen LogP contribution in [0, 0.1) is 0 Å². The Labute approximate surface area is 147 Å². The van der Waals surface area contributed by atoms with Gasteiger partial charge in [0.2, 0.25) is 0 Å². The van der Waals surface area contributed by atoms with Crippen LogP contribution in [0.3, 0.4) is 0 Å². The van der Waals surface area contributed by atoms with Crippen LogP contribution in [0.1, 0.15) is 11.1 Å². The Kier molecular flexibility index (Phi) is 4.21. The van der Waals surface area contributed by atoms with Gasteiger partial charge in [0.25, 0.3) is 5.91 Å². The molecule has 25 heavy (non-hydrogen) atoms. The van der Waals surface area contributed by atoms with Gasteiger partial charge in [0.15, 0.2) is 6.61 Å². The van der Waals surface area contributed by atoms with Crippen molar-refractivity contribution in [3.63, 3.8) is 0 Å². The standard InChI is InChI=1S/C22H19NO2/c24-22-15-25-21-12-11-17(14-20(21)23-22)10-9-16-5-4-8-19(13-16)18-6-2-1-3-7-18/h1-8,11-14H,9-10,15H2,(H,23,24). The van der Waals surface area contributed by atoms with Crippen molar-refractivity contribution in [3.05, 3.63) is 83.9 Å². The fourth-order valence-corrected chi connectivity index (χ4v) is 3.11. The second-order valence-electron chi connectivity index (χ2n) is 6.23. The molecule has 0 atom stereocenters. The molecule has 1 amide bonds. The van der Waals surface area contributed by atoms with Crippen molar-refractivity contribution in [2.45, 2.75) is 12.8 Å². The molecule has 0 saturated carbocycles. The van der Waals surface area contributed by atoms with E-state index in [1.807, 2.05) is 18.2 Å². The zero-order chi connectivity index (χ0) is 17.1. The van der Waals surface area contributed by atoms with Gasteiger partial charge in [-0.3, -0.25) is 4.79 Å². The second kappa shape index (κ2) is 6.81. The van der Waals surface area contributed by atoms with Gasteiger partial charge in [0.1, 0.15) is 5.75 Å². The Balaban J connectivity index is 1.49. The maximum Gasteiger partial charge on any atom is 0.262 e. The van der Waals surface area contributed by atoms with Crippen LogP contribution in [-0.4, -0.2) is 12.5 Å². The molecule has 1 heterocycles. The normalized spacial score (nSPS) is 12.9. The summed E-state index contributed by atoms with van der Waals surface area (Å²) in [6.45, 7) is 0.0959. The van der Waals surface area contributed by atoms with Crippen LogP contribution in [0.25, 0.3) is 11.1 Å². The summed E-state index contributed by atoms with van der Waals surface area (Å²) in [6, 6.07) is 25.1. The van der Waals surface area contributed by atoms with Gasteiger partial charge in [0.05, 0.1) is 5.69 Å². The number of fused-ring (bicyclic) bond motifs is 1. The molecule has 0 unspecified atom stereocenters. The second-order valence-corrected chi connectivity index (χ2v) is 6.23. The molecule has 124 valence electrons. The molecule has 4 rings (SSSR count). The fraction of sp³-hybridized carbons (Fsp3) is 0.136. The Morgan fingerprint density at radius 1 is 0.800 bits per heavy atom. The first-order valence-corrected chi connectivity index (χ1v) is 8.48. The minimum atomic E-state index is -0.0970. The average Bonchev–Trinajstić information content (AvgIpc) is 2.67. The average molecular weight is 329 g/mol. The lowest BCUT2D eigenvalue weighted by Crippen LogP contribution is -2.25. The van der Waals surface area contributed by atoms with Crippen molar-refractivity contribution in [1.82, 2.24) is 0 Å². The number of hydrogen-bond donors (Lipinski definition) is 1. The molecule has 3 aromatic rings. The first-order valence-electron chi connectivity index (χ1n) is 8.48. The number of rotatable bonds is 4. The molecular formula is C22H19NO2. The zero-order valence-corrected chi connectivity index (χ0v) is 13.9. The van der Waals surface area contributed by atoms with E-state index in [-0.39, 0.29) is 12.5 Å². The minimum absolute atomic E-state index is 0.0959. The predicted molar refractivity (Wildman–Crippen MR) is 99.9 cm³/mol. The van der Waals surface area contributed by atoms with E-state index in [2.05, 4.69) is 59.9 Å². The summed E-state index contributed by atoms with van der Waals surface area (Å²) < 4.78 is 5.41. The number of nitrogens with one attached hydrogen (secondary N) is 1. The quantitative estimate of drug-likeness (QED) is 0.767. The highest BCUT2D eigenvalue weighted by Gasteiger charge is 2.15. The predicted octanol–water partition coefficient (Wildman–Crippen LogP) is 4.47. The van der Waals surface area contributed by atoms with Crippen molar-refractivity contribution in [1.29, 1.82) is 0 Å². The molecule has 0 radical (unpaired) electrons. The van der Waals surface area contributed by atoms with E-state index in [9.17, 15) is 4.79 Å². The Morgan fingerprint density at radius 2 is 1.56 bits per heavy atom. The lowest BCUT2D eigenvalue weighted by molar-refractivity contribution is -0.118. The van der Waals surface area contributed by atoms with Crippen LogP contribution in [0.15, 0.2) is 72.8 Å². The van der Waals surface area contributed by atoms with Crippen LogP contribution in [0.2, 0.25) is 0 Å². The molecule has 0 fully saturated rings. The van der Waals surface area contributed by atoms with Gasteiger partial charge in [0, 0.05) is 0 Å². The summed E-state index contributed by atoms with van der Waals surface area (Å²) in [5.74, 6) is 0.648. The van der Waals surface area contributed by atoms with Crippen LogP contribution in [-0.2, 0) is 17.6 Å². The highest BCUT2D eigenvalue weighted by atomic mass is 16.5. The van der Waals surface area contributed by atoms with Crippen molar-refractivity contribution in [2.75, 3.05) is 11.9 Å². The van der Waals surface area contributed by atoms with Gasteiger partial charge in [-0.25, -0.2) is 0 Å². The van der Waals surface area contributed by atoms with Gasteiger partial charge in [-0.05, 0) is 47.2 Å². The number of ether oxygens (including phenoxy) is 1. The van der Waals surface area contributed by atoms with Crippen LogP contribution < -0.4 is 10.1 Å². The van der Waals surface area contributed by atoms with Gasteiger partial charge in [-0.1, -0.05) is 60.7 Å². The number of amides is 1. The summed E-state index contributed by atoms with van der Waals surface area (Å²) in [4.78, 5) is 11.5. The van der Waals surface area contributed by atoms with Crippen molar-refractivity contribution in [2.24, 2.45) is 0 Å². The van der Waals surface area contributed by atoms with Gasteiger partial charge in [-0.15, -0.1) is 0 Å². The lowest BCUT2D eigenvalue weighted by atomic mass is 9.99. The molecule has 0 saturated heterocycles. The van der Waals surface area contributed by atoms with E-state index < -0.39 is 0 Å². The summed E-state index contributed by atoms with van der Waals surface area (Å²) in [5.41, 5.74) is 5.74. The molecule has 3 heteroatoms. The number of carbonyl (C=O) groups excluding carboxylic acids is 1. The molecule has 3 nitrogen and oxygen atoms in total. The van der Waals surface area contributed by atoms with E-state index >= 15 is 0 Å². The molecule has 0 aromatic heterocycles. The van der Waals surface area contributed by atoms with Crippen LogP contribution in [0.5, 0.6) is 5.75 Å². The first kappa shape index (κ1) is 15.5. The molecule has 1 aliphatic heterocycles. The van der Waals surface area contributed by atoms with Gasteiger partial charge < -0.3 is 10.1 Å². The highest BCUT2D eigenvalue weighted by Crippen LogP contribution is 2.29. The van der Waals surface area contributed by atoms with Gasteiger partial charge in [-0.2, -0.15) is 0 Å². The fourth-order valence-electron chi connectivity index (χ4n) is 3.11. The number of anilines is 1. The maximum absolute atomic E-state index is 11.5. The summed E-state index contributed by atoms with van der Waals surface area (Å²) >= 11 is 0. The zero-order valence-electron chi connectivity index (χ0n) is 13.9. The van der Waals surface area contributed by atoms with E-state index in [4.69, 9.17) is 4.74 Å². The third-order valence-electron chi connectivity index (χ3n) is 4.41. The van der Waals surface area contributed by atoms with Crippen molar-refractivity contribution >= 4 is 11.6 Å². The topological polar surface area (TPSA) is 38.3 Å². The van der Waals surface area contributed by atoms with Crippen molar-refractivity contribution < 1.29 is 9.53 Å². The third kappa shape index (κ3) is 3.56. The van der Waals surface area contributed by atoms with Crippen LogP contribution in [0.4, 0.5) is 5.69 Å². The first-order chi connectivity index (χ1) is 12.3. The number of benzene rings is 3. The maximum atomic E-state index is 11.5. The SMILES string of the molecule is O=C1COc2ccc(CCc3cccc(-c4ccccc4)c3)cc2N1. The smallest absolute Gasteiger partial charge is 0.262 e. The lowest BCUT2D eigenvalue weighted by Gasteiger charge is -2.18. The van der Waals surface area contributed by atoms with E-state index in [1.54, 1.807) is 0 Å². The molecule has 0 aliphatic carbocycles. The summed E-state index contributed by atoms with van der Waals surface area (Å²) in [6.07, 6.45) is 1.87. The Bertz CT molecular complexity index is 903. The number of aryl methyl sites for hydroxylation is 2. The van der Waals surface area contributed by atoms with E-state index in [0.717, 1.165) is 24.3 Å².